The first kappa shape index (κ1) is 16.4. The zero-order valence-corrected chi connectivity index (χ0v) is 14.1. The number of nitrogens with one attached hydrogen (secondary N) is 1. The highest BCUT2D eigenvalue weighted by Crippen LogP contribution is 2.28. The van der Waals surface area contributed by atoms with Crippen molar-refractivity contribution in [1.82, 2.24) is 25.0 Å². The summed E-state index contributed by atoms with van der Waals surface area (Å²) in [5.74, 6) is 1.09. The van der Waals surface area contributed by atoms with Crippen LogP contribution in [0.1, 0.15) is 52.3 Å². The van der Waals surface area contributed by atoms with E-state index in [1.807, 2.05) is 4.68 Å². The molecule has 0 spiro atoms. The fraction of sp³-hybridized carbons (Fsp3) is 0.875. The minimum absolute atomic E-state index is 0.180. The first-order valence-electron chi connectivity index (χ1n) is 8.44. The Balaban J connectivity index is 2.16. The second kappa shape index (κ2) is 7.36. The minimum Gasteiger partial charge on any atom is -0.315 e. The maximum absolute atomic E-state index is 4.46. The lowest BCUT2D eigenvalue weighted by molar-refractivity contribution is 0.0444. The number of hydrogen-bond acceptors (Lipinski definition) is 4. The summed E-state index contributed by atoms with van der Waals surface area (Å²) in [6.07, 6.45) is 7.80. The van der Waals surface area contributed by atoms with E-state index in [-0.39, 0.29) is 5.54 Å². The fourth-order valence-corrected chi connectivity index (χ4v) is 3.62. The van der Waals surface area contributed by atoms with Crippen molar-refractivity contribution in [1.29, 1.82) is 0 Å². The molecule has 2 heterocycles. The summed E-state index contributed by atoms with van der Waals surface area (Å²) < 4.78 is 2.01. The van der Waals surface area contributed by atoms with Crippen LogP contribution in [0.15, 0.2) is 6.33 Å². The summed E-state index contributed by atoms with van der Waals surface area (Å²) in [5.41, 5.74) is 0.180. The van der Waals surface area contributed by atoms with Crippen molar-refractivity contribution in [2.75, 3.05) is 20.1 Å². The van der Waals surface area contributed by atoms with Gasteiger partial charge in [0.05, 0.1) is 0 Å². The van der Waals surface area contributed by atoms with Crippen LogP contribution in [0.3, 0.4) is 0 Å². The standard InChI is InChI=1S/C16H31N5/c1-5-16(3,20-10-8-7-9-11-20)14(17-4)12-15-18-13-19-21(15)6-2/h13-14,17H,5-12H2,1-4H3. The molecule has 1 N–H and O–H groups in total. The molecule has 5 heteroatoms. The Morgan fingerprint density at radius 3 is 2.57 bits per heavy atom. The molecule has 120 valence electrons. The molecule has 0 amide bonds. The van der Waals surface area contributed by atoms with E-state index in [4.69, 9.17) is 0 Å². The van der Waals surface area contributed by atoms with Crippen LogP contribution in [0.2, 0.25) is 0 Å². The summed E-state index contributed by atoms with van der Waals surface area (Å²) in [6.45, 7) is 10.2. The molecule has 0 aromatic carbocycles. The summed E-state index contributed by atoms with van der Waals surface area (Å²) >= 11 is 0. The smallest absolute Gasteiger partial charge is 0.138 e. The van der Waals surface area contributed by atoms with Crippen LogP contribution in [0, 0.1) is 0 Å². The Morgan fingerprint density at radius 2 is 2.00 bits per heavy atom. The Labute approximate surface area is 129 Å². The highest BCUT2D eigenvalue weighted by Gasteiger charge is 2.38. The zero-order valence-electron chi connectivity index (χ0n) is 14.1. The van der Waals surface area contributed by atoms with Crippen molar-refractivity contribution in [2.24, 2.45) is 0 Å². The number of piperidine rings is 1. The number of likely N-dealkylation sites (tertiary alicyclic amines) is 1. The van der Waals surface area contributed by atoms with Gasteiger partial charge in [-0.3, -0.25) is 9.58 Å². The van der Waals surface area contributed by atoms with E-state index in [1.54, 1.807) is 6.33 Å². The topological polar surface area (TPSA) is 46.0 Å². The second-order valence-corrected chi connectivity index (χ2v) is 6.30. The minimum atomic E-state index is 0.180. The molecular weight excluding hydrogens is 262 g/mol. The van der Waals surface area contributed by atoms with Crippen molar-refractivity contribution < 1.29 is 0 Å². The van der Waals surface area contributed by atoms with Gasteiger partial charge in [0.25, 0.3) is 0 Å². The average molecular weight is 293 g/mol. The van der Waals surface area contributed by atoms with Gasteiger partial charge >= 0.3 is 0 Å². The molecule has 0 bridgehead atoms. The summed E-state index contributed by atoms with van der Waals surface area (Å²) in [7, 11) is 2.08. The first-order valence-corrected chi connectivity index (χ1v) is 8.44. The molecule has 0 aliphatic carbocycles. The number of aromatic nitrogens is 3. The fourth-order valence-electron chi connectivity index (χ4n) is 3.62. The number of likely N-dealkylation sites (N-methyl/N-ethyl adjacent to an activating group) is 1. The highest BCUT2D eigenvalue weighted by molar-refractivity contribution is 5.02. The van der Waals surface area contributed by atoms with Gasteiger partial charge in [-0.25, -0.2) is 4.98 Å². The molecule has 21 heavy (non-hydrogen) atoms. The lowest BCUT2D eigenvalue weighted by Crippen LogP contribution is -2.60. The first-order chi connectivity index (χ1) is 10.2. The third kappa shape index (κ3) is 3.46. The van der Waals surface area contributed by atoms with E-state index >= 15 is 0 Å². The molecule has 1 fully saturated rings. The molecule has 1 saturated heterocycles. The van der Waals surface area contributed by atoms with Crippen molar-refractivity contribution in [3.63, 3.8) is 0 Å². The quantitative estimate of drug-likeness (QED) is 0.836. The second-order valence-electron chi connectivity index (χ2n) is 6.30. The van der Waals surface area contributed by atoms with Crippen LogP contribution in [0.5, 0.6) is 0 Å². The number of nitrogens with zero attached hydrogens (tertiary/aromatic N) is 4. The predicted molar refractivity (Wildman–Crippen MR) is 86.4 cm³/mol. The van der Waals surface area contributed by atoms with E-state index in [2.05, 4.69) is 48.1 Å². The predicted octanol–water partition coefficient (Wildman–Crippen LogP) is 2.08. The largest absolute Gasteiger partial charge is 0.315 e. The Hall–Kier alpha value is -0.940. The maximum atomic E-state index is 4.46. The van der Waals surface area contributed by atoms with Crippen molar-refractivity contribution in [3.05, 3.63) is 12.2 Å². The third-order valence-electron chi connectivity index (χ3n) is 5.28. The molecule has 1 aliphatic heterocycles. The van der Waals surface area contributed by atoms with Crippen LogP contribution in [-0.4, -0.2) is 51.4 Å². The van der Waals surface area contributed by atoms with E-state index in [1.165, 1.54) is 32.4 Å². The van der Waals surface area contributed by atoms with Gasteiger partial charge in [-0.2, -0.15) is 5.10 Å². The molecule has 2 atom stereocenters. The van der Waals surface area contributed by atoms with Gasteiger partial charge in [0.15, 0.2) is 0 Å². The van der Waals surface area contributed by atoms with Gasteiger partial charge < -0.3 is 5.32 Å². The molecule has 1 aromatic rings. The molecule has 2 rings (SSSR count). The van der Waals surface area contributed by atoms with Crippen LogP contribution >= 0.6 is 0 Å². The molecular formula is C16H31N5. The molecule has 0 saturated carbocycles. The number of aryl methyl sites for hydroxylation is 1. The van der Waals surface area contributed by atoms with Gasteiger partial charge in [-0.1, -0.05) is 13.3 Å². The van der Waals surface area contributed by atoms with Gasteiger partial charge in [0.2, 0.25) is 0 Å². The van der Waals surface area contributed by atoms with Crippen molar-refractivity contribution in [3.8, 4) is 0 Å². The van der Waals surface area contributed by atoms with Crippen LogP contribution in [0.25, 0.3) is 0 Å². The molecule has 1 aliphatic rings. The van der Waals surface area contributed by atoms with Gasteiger partial charge in [-0.15, -0.1) is 0 Å². The molecule has 5 nitrogen and oxygen atoms in total. The Bertz CT molecular complexity index is 424. The van der Waals surface area contributed by atoms with E-state index in [0.29, 0.717) is 6.04 Å². The van der Waals surface area contributed by atoms with Gasteiger partial charge in [0, 0.05) is 24.5 Å². The Kier molecular flexibility index (Phi) is 5.76. The lowest BCUT2D eigenvalue weighted by atomic mass is 9.83. The van der Waals surface area contributed by atoms with Crippen LogP contribution in [0.4, 0.5) is 0 Å². The monoisotopic (exact) mass is 293 g/mol. The van der Waals surface area contributed by atoms with Gasteiger partial charge in [0.1, 0.15) is 12.2 Å². The van der Waals surface area contributed by atoms with E-state index in [9.17, 15) is 0 Å². The third-order valence-corrected chi connectivity index (χ3v) is 5.28. The summed E-state index contributed by atoms with van der Waals surface area (Å²) in [6, 6.07) is 0.398. The number of rotatable bonds is 7. The van der Waals surface area contributed by atoms with E-state index in [0.717, 1.165) is 25.2 Å². The van der Waals surface area contributed by atoms with Crippen molar-refractivity contribution >= 4 is 0 Å². The van der Waals surface area contributed by atoms with E-state index < -0.39 is 0 Å². The Morgan fingerprint density at radius 1 is 1.29 bits per heavy atom. The summed E-state index contributed by atoms with van der Waals surface area (Å²) in [5, 5.41) is 7.86. The summed E-state index contributed by atoms with van der Waals surface area (Å²) in [4.78, 5) is 7.15. The lowest BCUT2D eigenvalue weighted by Gasteiger charge is -2.48. The number of hydrogen-bond donors (Lipinski definition) is 1. The van der Waals surface area contributed by atoms with Gasteiger partial charge in [-0.05, 0) is 53.2 Å². The highest BCUT2D eigenvalue weighted by atomic mass is 15.3. The molecule has 2 unspecified atom stereocenters. The maximum Gasteiger partial charge on any atom is 0.138 e. The molecule has 0 radical (unpaired) electrons. The van der Waals surface area contributed by atoms with Crippen LogP contribution < -0.4 is 5.32 Å². The normalized spacial score (nSPS) is 21.1. The van der Waals surface area contributed by atoms with Crippen molar-refractivity contribution in [2.45, 2.75) is 71.0 Å². The van der Waals surface area contributed by atoms with Crippen LogP contribution in [-0.2, 0) is 13.0 Å². The SMILES string of the molecule is CCn1ncnc1CC(NC)C(C)(CC)N1CCCCC1. The zero-order chi connectivity index (χ0) is 15.3. The molecule has 1 aromatic heterocycles. The average Bonchev–Trinajstić information content (AvgIpc) is 3.00.